The van der Waals surface area contributed by atoms with E-state index < -0.39 is 0 Å². The Balaban J connectivity index is 1.28. The minimum Gasteiger partial charge on any atom is -0.282 e. The molecule has 0 saturated carbocycles. The van der Waals surface area contributed by atoms with Crippen LogP contribution in [0.2, 0.25) is 0 Å². The second-order valence-corrected chi connectivity index (χ2v) is 8.13. The Bertz CT molecular complexity index is 1060. The zero-order valence-electron chi connectivity index (χ0n) is 15.2. The van der Waals surface area contributed by atoms with Gasteiger partial charge in [-0.05, 0) is 61.0 Å². The topological polar surface area (TPSA) is 59.7 Å². The summed E-state index contributed by atoms with van der Waals surface area (Å²) in [7, 11) is 0. The number of hydrogen-bond acceptors (Lipinski definition) is 6. The summed E-state index contributed by atoms with van der Waals surface area (Å²) in [6.07, 6.45) is 2.28. The first-order chi connectivity index (χ1) is 13.7. The van der Waals surface area contributed by atoms with Crippen molar-refractivity contribution in [2.45, 2.75) is 25.4 Å². The highest BCUT2D eigenvalue weighted by Crippen LogP contribution is 2.33. The average Bonchev–Trinajstić information content (AvgIpc) is 3.36. The monoisotopic (exact) mass is 394 g/mol. The molecule has 6 nitrogen and oxygen atoms in total. The number of fused-ring (bicyclic) bond motifs is 1. The third kappa shape index (κ3) is 3.53. The average molecular weight is 394 g/mol. The Morgan fingerprint density at radius 3 is 2.82 bits per heavy atom. The van der Waals surface area contributed by atoms with E-state index in [0.29, 0.717) is 18.4 Å². The molecule has 0 unspecified atom stereocenters. The van der Waals surface area contributed by atoms with Crippen LogP contribution in [0, 0.1) is 5.82 Å². The number of rotatable bonds is 4. The fraction of sp³-hybridized carbons (Fsp3) is 0.300. The Labute approximate surface area is 165 Å². The van der Waals surface area contributed by atoms with Crippen LogP contribution in [0.1, 0.15) is 23.8 Å². The van der Waals surface area contributed by atoms with Crippen LogP contribution in [0.3, 0.4) is 0 Å². The highest BCUT2D eigenvalue weighted by molar-refractivity contribution is 7.18. The molecule has 5 rings (SSSR count). The summed E-state index contributed by atoms with van der Waals surface area (Å²) in [5.41, 5.74) is 1.85. The molecule has 0 amide bonds. The van der Waals surface area contributed by atoms with E-state index in [2.05, 4.69) is 38.5 Å². The fourth-order valence-electron chi connectivity index (χ4n) is 3.65. The molecular weight excluding hydrogens is 375 g/mol. The van der Waals surface area contributed by atoms with Crippen molar-refractivity contribution in [3.05, 3.63) is 59.4 Å². The van der Waals surface area contributed by atoms with Gasteiger partial charge in [0, 0.05) is 18.0 Å². The summed E-state index contributed by atoms with van der Waals surface area (Å²) in [5, 5.41) is 13.9. The molecule has 0 bridgehead atoms. The maximum Gasteiger partial charge on any atom is 0.204 e. The number of piperidine rings is 1. The van der Waals surface area contributed by atoms with Gasteiger partial charge in [0.2, 0.25) is 5.82 Å². The molecule has 1 aliphatic heterocycles. The molecule has 0 radical (unpaired) electrons. The molecule has 28 heavy (non-hydrogen) atoms. The van der Waals surface area contributed by atoms with Gasteiger partial charge < -0.3 is 0 Å². The molecule has 2 aromatic carbocycles. The van der Waals surface area contributed by atoms with Crippen molar-refractivity contribution in [2.24, 2.45) is 0 Å². The third-order valence-electron chi connectivity index (χ3n) is 5.05. The predicted molar refractivity (Wildman–Crippen MR) is 106 cm³/mol. The van der Waals surface area contributed by atoms with E-state index in [4.69, 9.17) is 4.98 Å². The standard InChI is InChI=1S/C20H19FN6S/c21-16-9-7-14(8-10-16)19-23-25-27(24-19)13-26-11-3-4-15(12-26)20-22-17-5-1-2-6-18(17)28-20/h1-2,5-10,15H,3-4,11-13H2/t15-/m1/s1. The van der Waals surface area contributed by atoms with Crippen molar-refractivity contribution >= 4 is 21.6 Å². The Hall–Kier alpha value is -2.71. The van der Waals surface area contributed by atoms with Gasteiger partial charge in [-0.25, -0.2) is 9.37 Å². The number of halogens is 1. The van der Waals surface area contributed by atoms with Crippen molar-refractivity contribution in [1.29, 1.82) is 0 Å². The van der Waals surface area contributed by atoms with Crippen molar-refractivity contribution in [3.63, 3.8) is 0 Å². The van der Waals surface area contributed by atoms with Gasteiger partial charge in [-0.2, -0.15) is 0 Å². The Kier molecular flexibility index (Phi) is 4.58. The minimum absolute atomic E-state index is 0.273. The Morgan fingerprint density at radius 1 is 1.11 bits per heavy atom. The van der Waals surface area contributed by atoms with Crippen molar-refractivity contribution in [2.75, 3.05) is 13.1 Å². The molecule has 0 spiro atoms. The third-order valence-corrected chi connectivity index (χ3v) is 6.25. The normalized spacial score (nSPS) is 18.0. The molecule has 2 aromatic heterocycles. The van der Waals surface area contributed by atoms with Crippen LogP contribution in [-0.4, -0.2) is 43.2 Å². The van der Waals surface area contributed by atoms with Gasteiger partial charge in [0.05, 0.1) is 15.2 Å². The van der Waals surface area contributed by atoms with Gasteiger partial charge in [0.15, 0.2) is 0 Å². The highest BCUT2D eigenvalue weighted by atomic mass is 32.1. The second-order valence-electron chi connectivity index (χ2n) is 7.07. The Morgan fingerprint density at radius 2 is 1.96 bits per heavy atom. The van der Waals surface area contributed by atoms with Crippen LogP contribution >= 0.6 is 11.3 Å². The van der Waals surface area contributed by atoms with Gasteiger partial charge in [0.1, 0.15) is 12.5 Å². The quantitative estimate of drug-likeness (QED) is 0.525. The molecule has 1 fully saturated rings. The first kappa shape index (κ1) is 17.4. The lowest BCUT2D eigenvalue weighted by atomic mass is 9.99. The summed E-state index contributed by atoms with van der Waals surface area (Å²) in [6, 6.07) is 14.5. The predicted octanol–water partition coefficient (Wildman–Crippen LogP) is 3.93. The minimum atomic E-state index is -0.273. The van der Waals surface area contributed by atoms with Crippen molar-refractivity contribution in [1.82, 2.24) is 30.1 Å². The van der Waals surface area contributed by atoms with Crippen molar-refractivity contribution < 1.29 is 4.39 Å². The lowest BCUT2D eigenvalue weighted by Crippen LogP contribution is -2.36. The number of para-hydroxylation sites is 1. The molecule has 4 aromatic rings. The number of aromatic nitrogens is 5. The summed E-state index contributed by atoms with van der Waals surface area (Å²) in [5.74, 6) is 0.677. The second kappa shape index (κ2) is 7.37. The number of tetrazole rings is 1. The van der Waals surface area contributed by atoms with E-state index in [1.54, 1.807) is 28.3 Å². The summed E-state index contributed by atoms with van der Waals surface area (Å²) < 4.78 is 14.3. The first-order valence-electron chi connectivity index (χ1n) is 9.36. The zero-order chi connectivity index (χ0) is 18.9. The number of thiazole rings is 1. The SMILES string of the molecule is Fc1ccc(-c2nnn(CN3CCC[C@@H](c4nc5ccccc5s4)C3)n2)cc1. The summed E-state index contributed by atoms with van der Waals surface area (Å²) in [4.78, 5) is 8.79. The lowest BCUT2D eigenvalue weighted by molar-refractivity contribution is 0.147. The number of likely N-dealkylation sites (tertiary alicyclic amines) is 1. The maximum atomic E-state index is 13.1. The van der Waals surface area contributed by atoms with E-state index in [1.807, 2.05) is 6.07 Å². The molecule has 3 heterocycles. The van der Waals surface area contributed by atoms with E-state index in [1.165, 1.54) is 21.8 Å². The van der Waals surface area contributed by atoms with Gasteiger partial charge in [-0.1, -0.05) is 12.1 Å². The molecule has 1 saturated heterocycles. The van der Waals surface area contributed by atoms with Gasteiger partial charge in [-0.15, -0.1) is 26.3 Å². The smallest absolute Gasteiger partial charge is 0.204 e. The molecule has 8 heteroatoms. The van der Waals surface area contributed by atoms with Crippen LogP contribution < -0.4 is 0 Å². The van der Waals surface area contributed by atoms with Crippen LogP contribution in [0.15, 0.2) is 48.5 Å². The number of benzene rings is 2. The fourth-order valence-corrected chi connectivity index (χ4v) is 4.74. The van der Waals surface area contributed by atoms with Crippen LogP contribution in [-0.2, 0) is 6.67 Å². The molecule has 1 atom stereocenters. The maximum absolute atomic E-state index is 13.1. The summed E-state index contributed by atoms with van der Waals surface area (Å²) in [6.45, 7) is 2.54. The van der Waals surface area contributed by atoms with Crippen LogP contribution in [0.5, 0.6) is 0 Å². The molecule has 0 N–H and O–H groups in total. The van der Waals surface area contributed by atoms with E-state index in [0.717, 1.165) is 37.0 Å². The molecular formula is C20H19FN6S. The molecule has 1 aliphatic rings. The zero-order valence-corrected chi connectivity index (χ0v) is 16.0. The van der Waals surface area contributed by atoms with Gasteiger partial charge in [-0.3, -0.25) is 4.90 Å². The van der Waals surface area contributed by atoms with E-state index in [9.17, 15) is 4.39 Å². The van der Waals surface area contributed by atoms with Crippen molar-refractivity contribution in [3.8, 4) is 11.4 Å². The number of nitrogens with zero attached hydrogens (tertiary/aromatic N) is 6. The van der Waals surface area contributed by atoms with E-state index >= 15 is 0 Å². The largest absolute Gasteiger partial charge is 0.282 e. The molecule has 142 valence electrons. The number of hydrogen-bond donors (Lipinski definition) is 0. The lowest BCUT2D eigenvalue weighted by Gasteiger charge is -2.30. The first-order valence-corrected chi connectivity index (χ1v) is 10.2. The van der Waals surface area contributed by atoms with E-state index in [-0.39, 0.29) is 5.82 Å². The highest BCUT2D eigenvalue weighted by Gasteiger charge is 2.24. The molecule has 0 aliphatic carbocycles. The van der Waals surface area contributed by atoms with Gasteiger partial charge >= 0.3 is 0 Å². The van der Waals surface area contributed by atoms with Gasteiger partial charge in [0.25, 0.3) is 0 Å². The van der Waals surface area contributed by atoms with Crippen LogP contribution in [0.25, 0.3) is 21.6 Å². The summed E-state index contributed by atoms with van der Waals surface area (Å²) >= 11 is 1.80. The van der Waals surface area contributed by atoms with Crippen LogP contribution in [0.4, 0.5) is 4.39 Å².